The second-order valence-electron chi connectivity index (χ2n) is 5.85. The molecule has 6 heteroatoms. The molecule has 25 heavy (non-hydrogen) atoms. The van der Waals surface area contributed by atoms with Crippen LogP contribution in [0.1, 0.15) is 34.8 Å². The van der Waals surface area contributed by atoms with Gasteiger partial charge in [0.25, 0.3) is 5.91 Å². The van der Waals surface area contributed by atoms with Crippen LogP contribution in [0, 0.1) is 36.5 Å². The quantitative estimate of drug-likeness (QED) is 0.808. The Labute approximate surface area is 151 Å². The Morgan fingerprint density at radius 2 is 2.24 bits per heavy atom. The minimum absolute atomic E-state index is 0.173. The van der Waals surface area contributed by atoms with E-state index in [-0.39, 0.29) is 12.5 Å². The molecule has 0 radical (unpaired) electrons. The number of nitrogens with one attached hydrogen (secondary N) is 1. The Kier molecular flexibility index (Phi) is 6.16. The van der Waals surface area contributed by atoms with Crippen molar-refractivity contribution in [3.05, 3.63) is 34.3 Å². The Bertz CT molecular complexity index is 857. The number of terminal acetylenes is 1. The highest BCUT2D eigenvalue weighted by atomic mass is 32.1. The molecular formula is C19H19N3O2S. The number of nitrogens with zero attached hydrogens (tertiary/aromatic N) is 2. The van der Waals surface area contributed by atoms with E-state index >= 15 is 0 Å². The Morgan fingerprint density at radius 1 is 1.48 bits per heavy atom. The third kappa shape index (κ3) is 4.59. The van der Waals surface area contributed by atoms with E-state index in [2.05, 4.69) is 22.3 Å². The van der Waals surface area contributed by atoms with Gasteiger partial charge < -0.3 is 10.1 Å². The first-order chi connectivity index (χ1) is 12.0. The summed E-state index contributed by atoms with van der Waals surface area (Å²) < 4.78 is 5.67. The van der Waals surface area contributed by atoms with Gasteiger partial charge in [0.15, 0.2) is 0 Å². The van der Waals surface area contributed by atoms with Crippen molar-refractivity contribution in [3.63, 3.8) is 0 Å². The summed E-state index contributed by atoms with van der Waals surface area (Å²) in [5, 5.41) is 12.7. The fourth-order valence-electron chi connectivity index (χ4n) is 2.07. The Hall–Kier alpha value is -2.83. The SMILES string of the molecule is C#CCNC(=O)c1sc(-c2ccc(OCC(C)C)c(C#N)c2)nc1C. The van der Waals surface area contributed by atoms with E-state index in [1.54, 1.807) is 19.1 Å². The van der Waals surface area contributed by atoms with Gasteiger partial charge in [-0.15, -0.1) is 17.8 Å². The van der Waals surface area contributed by atoms with Gasteiger partial charge in [0.05, 0.1) is 24.4 Å². The molecule has 0 aliphatic heterocycles. The molecule has 0 saturated carbocycles. The lowest BCUT2D eigenvalue weighted by atomic mass is 10.1. The zero-order valence-electron chi connectivity index (χ0n) is 14.4. The first-order valence-electron chi connectivity index (χ1n) is 7.82. The van der Waals surface area contributed by atoms with Gasteiger partial charge in [-0.1, -0.05) is 19.8 Å². The van der Waals surface area contributed by atoms with Gasteiger partial charge in [-0.2, -0.15) is 5.26 Å². The maximum absolute atomic E-state index is 12.1. The molecule has 1 heterocycles. The first kappa shape index (κ1) is 18.5. The molecule has 128 valence electrons. The topological polar surface area (TPSA) is 75.0 Å². The Morgan fingerprint density at radius 3 is 2.88 bits per heavy atom. The van der Waals surface area contributed by atoms with Crippen molar-refractivity contribution in [1.29, 1.82) is 5.26 Å². The molecule has 1 amide bonds. The average molecular weight is 353 g/mol. The van der Waals surface area contributed by atoms with Crippen molar-refractivity contribution in [1.82, 2.24) is 10.3 Å². The van der Waals surface area contributed by atoms with Gasteiger partial charge in [-0.25, -0.2) is 4.98 Å². The summed E-state index contributed by atoms with van der Waals surface area (Å²) in [6.07, 6.45) is 5.16. The van der Waals surface area contributed by atoms with Gasteiger partial charge in [0.2, 0.25) is 0 Å². The lowest BCUT2D eigenvalue weighted by Crippen LogP contribution is -2.23. The number of amides is 1. The van der Waals surface area contributed by atoms with Crippen molar-refractivity contribution < 1.29 is 9.53 Å². The van der Waals surface area contributed by atoms with Crippen LogP contribution in [0.15, 0.2) is 18.2 Å². The molecule has 2 aromatic rings. The minimum Gasteiger partial charge on any atom is -0.492 e. The van der Waals surface area contributed by atoms with Gasteiger partial charge in [0, 0.05) is 5.56 Å². The van der Waals surface area contributed by atoms with E-state index in [1.807, 2.05) is 19.9 Å². The molecular weight excluding hydrogens is 334 g/mol. The average Bonchev–Trinajstić information content (AvgIpc) is 2.99. The van der Waals surface area contributed by atoms with Crippen LogP contribution in [-0.2, 0) is 0 Å². The van der Waals surface area contributed by atoms with E-state index in [0.29, 0.717) is 39.4 Å². The van der Waals surface area contributed by atoms with E-state index < -0.39 is 0 Å². The zero-order chi connectivity index (χ0) is 18.4. The van der Waals surface area contributed by atoms with E-state index in [0.717, 1.165) is 5.56 Å². The number of nitriles is 1. The smallest absolute Gasteiger partial charge is 0.264 e. The van der Waals surface area contributed by atoms with Crippen molar-refractivity contribution in [2.75, 3.05) is 13.2 Å². The molecule has 0 spiro atoms. The summed E-state index contributed by atoms with van der Waals surface area (Å²) in [5.74, 6) is 3.06. The van der Waals surface area contributed by atoms with Crippen LogP contribution < -0.4 is 10.1 Å². The molecule has 2 rings (SSSR count). The molecule has 0 atom stereocenters. The molecule has 0 unspecified atom stereocenters. The molecule has 0 aliphatic carbocycles. The molecule has 5 nitrogen and oxygen atoms in total. The molecule has 1 N–H and O–H groups in total. The third-order valence-electron chi connectivity index (χ3n) is 3.27. The van der Waals surface area contributed by atoms with Crippen LogP contribution >= 0.6 is 11.3 Å². The highest BCUT2D eigenvalue weighted by Gasteiger charge is 2.17. The van der Waals surface area contributed by atoms with Gasteiger partial charge in [0.1, 0.15) is 21.7 Å². The predicted molar refractivity (Wildman–Crippen MR) is 98.5 cm³/mol. The Balaban J connectivity index is 2.29. The number of aryl methyl sites for hydroxylation is 1. The van der Waals surface area contributed by atoms with Gasteiger partial charge in [-0.3, -0.25) is 4.79 Å². The maximum atomic E-state index is 12.1. The minimum atomic E-state index is -0.239. The number of carbonyl (C=O) groups is 1. The van der Waals surface area contributed by atoms with Crippen LogP contribution in [-0.4, -0.2) is 24.0 Å². The molecule has 1 aromatic heterocycles. The van der Waals surface area contributed by atoms with Gasteiger partial charge in [-0.05, 0) is 31.0 Å². The summed E-state index contributed by atoms with van der Waals surface area (Å²) in [7, 11) is 0. The highest BCUT2D eigenvalue weighted by molar-refractivity contribution is 7.17. The molecule has 0 aliphatic rings. The van der Waals surface area contributed by atoms with Crippen LogP contribution in [0.25, 0.3) is 10.6 Å². The normalized spacial score (nSPS) is 10.2. The number of thiazole rings is 1. The summed E-state index contributed by atoms with van der Waals surface area (Å²) >= 11 is 1.27. The standard InChI is InChI=1S/C19H19N3O2S/c1-5-8-21-18(23)17-13(4)22-19(25-17)14-6-7-16(15(9-14)10-20)24-11-12(2)3/h1,6-7,9,12H,8,11H2,2-4H3,(H,21,23). The van der Waals surface area contributed by atoms with Gasteiger partial charge >= 0.3 is 0 Å². The number of hydrogen-bond acceptors (Lipinski definition) is 5. The first-order valence-corrected chi connectivity index (χ1v) is 8.64. The number of ether oxygens (including phenoxy) is 1. The van der Waals surface area contributed by atoms with E-state index in [9.17, 15) is 10.1 Å². The number of carbonyl (C=O) groups excluding carboxylic acids is 1. The van der Waals surface area contributed by atoms with Crippen LogP contribution in [0.3, 0.4) is 0 Å². The fourth-order valence-corrected chi connectivity index (χ4v) is 3.05. The largest absolute Gasteiger partial charge is 0.492 e. The third-order valence-corrected chi connectivity index (χ3v) is 4.48. The molecule has 1 aromatic carbocycles. The number of benzene rings is 1. The predicted octanol–water partition coefficient (Wildman–Crippen LogP) is 3.39. The second kappa shape index (κ2) is 8.32. The highest BCUT2D eigenvalue weighted by Crippen LogP contribution is 2.31. The van der Waals surface area contributed by atoms with Crippen molar-refractivity contribution in [3.8, 4) is 34.7 Å². The summed E-state index contributed by atoms with van der Waals surface area (Å²) in [6, 6.07) is 7.50. The van der Waals surface area contributed by atoms with Crippen LogP contribution in [0.2, 0.25) is 0 Å². The maximum Gasteiger partial charge on any atom is 0.264 e. The zero-order valence-corrected chi connectivity index (χ0v) is 15.2. The fraction of sp³-hybridized carbons (Fsp3) is 0.316. The summed E-state index contributed by atoms with van der Waals surface area (Å²) in [5.41, 5.74) is 1.86. The van der Waals surface area contributed by atoms with Crippen LogP contribution in [0.5, 0.6) is 5.75 Å². The number of aromatic nitrogens is 1. The number of hydrogen-bond donors (Lipinski definition) is 1. The lowest BCUT2D eigenvalue weighted by molar-refractivity contribution is 0.0962. The summed E-state index contributed by atoms with van der Waals surface area (Å²) in [4.78, 5) is 17.0. The van der Waals surface area contributed by atoms with E-state index in [1.165, 1.54) is 11.3 Å². The van der Waals surface area contributed by atoms with Crippen molar-refractivity contribution in [2.24, 2.45) is 5.92 Å². The number of rotatable bonds is 6. The van der Waals surface area contributed by atoms with Crippen molar-refractivity contribution in [2.45, 2.75) is 20.8 Å². The van der Waals surface area contributed by atoms with Crippen LogP contribution in [0.4, 0.5) is 0 Å². The molecule has 0 bridgehead atoms. The van der Waals surface area contributed by atoms with Crippen molar-refractivity contribution >= 4 is 17.2 Å². The summed E-state index contributed by atoms with van der Waals surface area (Å²) in [6.45, 7) is 6.59. The molecule has 0 saturated heterocycles. The second-order valence-corrected chi connectivity index (χ2v) is 6.85. The molecule has 0 fully saturated rings. The lowest BCUT2D eigenvalue weighted by Gasteiger charge is -2.10. The monoisotopic (exact) mass is 353 g/mol. The van der Waals surface area contributed by atoms with E-state index in [4.69, 9.17) is 11.2 Å².